The van der Waals surface area contributed by atoms with Gasteiger partial charge in [0.1, 0.15) is 12.9 Å². The van der Waals surface area contributed by atoms with Gasteiger partial charge in [-0.05, 0) is 65.6 Å². The summed E-state index contributed by atoms with van der Waals surface area (Å²) >= 11 is 3.42. The molecule has 0 saturated heterocycles. The molecule has 0 saturated carbocycles. The molecule has 2 aliphatic rings. The van der Waals surface area contributed by atoms with Gasteiger partial charge in [-0.25, -0.2) is 4.39 Å². The SMILES string of the molecule is CN1/C(=C/C=C/C2=[N+](C)c3ccc4ccccc4c3C2(C)Cc2ccc(Br)cc2F)C(C)(C)c2ccccc21. The van der Waals surface area contributed by atoms with Crippen molar-refractivity contribution in [2.75, 3.05) is 19.0 Å². The Labute approximate surface area is 238 Å². The lowest BCUT2D eigenvalue weighted by atomic mass is 9.73. The zero-order valence-electron chi connectivity index (χ0n) is 23.1. The van der Waals surface area contributed by atoms with Gasteiger partial charge in [-0.15, -0.1) is 0 Å². The van der Waals surface area contributed by atoms with E-state index >= 15 is 4.39 Å². The molecule has 0 aromatic heterocycles. The van der Waals surface area contributed by atoms with Crippen LogP contribution < -0.4 is 4.90 Å². The van der Waals surface area contributed by atoms with Crippen LogP contribution in [0.25, 0.3) is 10.8 Å². The minimum atomic E-state index is -0.422. The van der Waals surface area contributed by atoms with E-state index in [0.717, 1.165) is 10.2 Å². The Kier molecular flexibility index (Phi) is 6.15. The molecular weight excluding hydrogens is 547 g/mol. The van der Waals surface area contributed by atoms with Crippen molar-refractivity contribution in [3.8, 4) is 0 Å². The summed E-state index contributed by atoms with van der Waals surface area (Å²) in [4.78, 5) is 2.29. The van der Waals surface area contributed by atoms with Crippen LogP contribution in [-0.4, -0.2) is 24.4 Å². The zero-order chi connectivity index (χ0) is 27.5. The predicted molar refractivity (Wildman–Crippen MR) is 165 cm³/mol. The summed E-state index contributed by atoms with van der Waals surface area (Å²) in [5.74, 6) is -0.181. The number of rotatable bonds is 4. The Morgan fingerprint density at radius 2 is 1.69 bits per heavy atom. The van der Waals surface area contributed by atoms with Crippen LogP contribution >= 0.6 is 15.9 Å². The lowest BCUT2D eigenvalue weighted by Gasteiger charge is -2.25. The number of anilines is 1. The molecule has 4 aromatic carbocycles. The highest BCUT2D eigenvalue weighted by Crippen LogP contribution is 2.48. The average molecular weight is 581 g/mol. The monoisotopic (exact) mass is 579 g/mol. The highest BCUT2D eigenvalue weighted by atomic mass is 79.9. The second kappa shape index (κ2) is 9.31. The van der Waals surface area contributed by atoms with Gasteiger partial charge in [-0.3, -0.25) is 0 Å². The van der Waals surface area contributed by atoms with E-state index in [1.807, 2.05) is 12.1 Å². The topological polar surface area (TPSA) is 6.25 Å². The van der Waals surface area contributed by atoms with Crippen LogP contribution in [0.5, 0.6) is 0 Å². The smallest absolute Gasteiger partial charge is 0.210 e. The molecule has 1 atom stereocenters. The molecule has 196 valence electrons. The number of hydrogen-bond donors (Lipinski definition) is 0. The maximum absolute atomic E-state index is 15.2. The van der Waals surface area contributed by atoms with Crippen LogP contribution in [-0.2, 0) is 17.3 Å². The molecule has 0 aliphatic carbocycles. The molecule has 4 heteroatoms. The first-order chi connectivity index (χ1) is 18.6. The summed E-state index contributed by atoms with van der Waals surface area (Å²) < 4.78 is 18.3. The van der Waals surface area contributed by atoms with Gasteiger partial charge in [0.25, 0.3) is 0 Å². The summed E-state index contributed by atoms with van der Waals surface area (Å²) in [6.45, 7) is 6.83. The van der Waals surface area contributed by atoms with Crippen molar-refractivity contribution in [3.63, 3.8) is 0 Å². The van der Waals surface area contributed by atoms with Crippen LogP contribution in [0.2, 0.25) is 0 Å². The van der Waals surface area contributed by atoms with E-state index in [-0.39, 0.29) is 11.2 Å². The van der Waals surface area contributed by atoms with E-state index in [1.165, 1.54) is 39.0 Å². The second-order valence-electron chi connectivity index (χ2n) is 11.5. The zero-order valence-corrected chi connectivity index (χ0v) is 24.7. The average Bonchev–Trinajstić information content (AvgIpc) is 3.25. The van der Waals surface area contributed by atoms with Crippen LogP contribution in [0.15, 0.2) is 107 Å². The molecule has 0 amide bonds. The second-order valence-corrected chi connectivity index (χ2v) is 12.4. The van der Waals surface area contributed by atoms with Gasteiger partial charge in [-0.2, -0.15) is 4.58 Å². The Morgan fingerprint density at radius 3 is 2.46 bits per heavy atom. The summed E-state index contributed by atoms with van der Waals surface area (Å²) in [6, 6.07) is 26.9. The number of fused-ring (bicyclic) bond motifs is 4. The quantitative estimate of drug-likeness (QED) is 0.219. The summed E-state index contributed by atoms with van der Waals surface area (Å²) in [7, 11) is 4.27. The van der Waals surface area contributed by atoms with Gasteiger partial charge in [0.15, 0.2) is 5.71 Å². The van der Waals surface area contributed by atoms with E-state index in [0.29, 0.717) is 12.0 Å². The van der Waals surface area contributed by atoms with Crippen molar-refractivity contribution in [2.24, 2.45) is 0 Å². The minimum Gasteiger partial charge on any atom is -0.347 e. The van der Waals surface area contributed by atoms with E-state index in [2.05, 4.69) is 139 Å². The highest BCUT2D eigenvalue weighted by molar-refractivity contribution is 9.10. The molecule has 0 radical (unpaired) electrons. The Morgan fingerprint density at radius 1 is 0.949 bits per heavy atom. The van der Waals surface area contributed by atoms with Gasteiger partial charge in [-0.1, -0.05) is 84.4 Å². The Bertz CT molecular complexity index is 1730. The number of para-hydroxylation sites is 1. The summed E-state index contributed by atoms with van der Waals surface area (Å²) in [5.41, 5.74) is 7.63. The van der Waals surface area contributed by atoms with Gasteiger partial charge < -0.3 is 4.90 Å². The third kappa shape index (κ3) is 4.00. The predicted octanol–water partition coefficient (Wildman–Crippen LogP) is 8.84. The molecule has 0 spiro atoms. The Balaban J connectivity index is 1.47. The molecule has 0 fully saturated rings. The number of likely N-dealkylation sites (N-methyl/N-ethyl adjacent to an activating group) is 1. The maximum atomic E-state index is 15.2. The van der Waals surface area contributed by atoms with E-state index in [9.17, 15) is 0 Å². The third-order valence-electron chi connectivity index (χ3n) is 8.75. The molecule has 2 heterocycles. The standard InChI is InChI=1S/C35H33BrFN2/c1-34(2)27-13-8-9-14-29(27)38(4)31(34)15-10-16-32-35(3,22-24-17-19-25(36)21-28(24)37)33-26-12-7-6-11-23(26)18-20-30(33)39(32)5/h6-21H,22H2,1-5H3/q+1. The molecule has 0 N–H and O–H groups in total. The van der Waals surface area contributed by atoms with Crippen LogP contribution in [0.4, 0.5) is 15.8 Å². The third-order valence-corrected chi connectivity index (χ3v) is 9.25. The number of hydrogen-bond acceptors (Lipinski definition) is 1. The fourth-order valence-corrected chi connectivity index (χ4v) is 7.13. The molecule has 2 nitrogen and oxygen atoms in total. The molecule has 6 rings (SSSR count). The minimum absolute atomic E-state index is 0.0923. The number of allylic oxidation sites excluding steroid dienone is 4. The molecule has 4 aromatic rings. The fourth-order valence-electron chi connectivity index (χ4n) is 6.80. The lowest BCUT2D eigenvalue weighted by molar-refractivity contribution is -0.401. The molecule has 39 heavy (non-hydrogen) atoms. The normalized spacial score (nSPS) is 20.9. The molecular formula is C35H33BrFN2+. The highest BCUT2D eigenvalue weighted by Gasteiger charge is 2.48. The first-order valence-corrected chi connectivity index (χ1v) is 14.2. The van der Waals surface area contributed by atoms with E-state index < -0.39 is 5.41 Å². The van der Waals surface area contributed by atoms with Crippen molar-refractivity contribution in [3.05, 3.63) is 130 Å². The first kappa shape index (κ1) is 25.8. The van der Waals surface area contributed by atoms with E-state index in [1.54, 1.807) is 6.07 Å². The fraction of sp³-hybridized carbons (Fsp3) is 0.229. The van der Waals surface area contributed by atoms with Gasteiger partial charge >= 0.3 is 0 Å². The first-order valence-electron chi connectivity index (χ1n) is 13.4. The van der Waals surface area contributed by atoms with Gasteiger partial charge in [0, 0.05) is 46.0 Å². The van der Waals surface area contributed by atoms with Gasteiger partial charge in [0.2, 0.25) is 5.69 Å². The van der Waals surface area contributed by atoms with Crippen molar-refractivity contribution < 1.29 is 8.97 Å². The maximum Gasteiger partial charge on any atom is 0.210 e. The van der Waals surface area contributed by atoms with Crippen molar-refractivity contribution >= 4 is 43.8 Å². The summed E-state index contributed by atoms with van der Waals surface area (Å²) in [6.07, 6.45) is 7.20. The summed E-state index contributed by atoms with van der Waals surface area (Å²) in [5, 5.41) is 2.42. The van der Waals surface area contributed by atoms with E-state index in [4.69, 9.17) is 0 Å². The van der Waals surface area contributed by atoms with Crippen LogP contribution in [0.1, 0.15) is 37.5 Å². The molecule has 1 unspecified atom stereocenters. The van der Waals surface area contributed by atoms with Crippen LogP contribution in [0, 0.1) is 5.82 Å². The van der Waals surface area contributed by atoms with Crippen molar-refractivity contribution in [1.29, 1.82) is 0 Å². The van der Waals surface area contributed by atoms with Crippen LogP contribution in [0.3, 0.4) is 0 Å². The van der Waals surface area contributed by atoms with Crippen molar-refractivity contribution in [2.45, 2.75) is 38.0 Å². The molecule has 2 aliphatic heterocycles. The number of halogens is 2. The largest absolute Gasteiger partial charge is 0.347 e. The number of benzene rings is 4. The lowest BCUT2D eigenvalue weighted by Crippen LogP contribution is -2.33. The van der Waals surface area contributed by atoms with Crippen molar-refractivity contribution in [1.82, 2.24) is 0 Å². The number of nitrogens with zero attached hydrogens (tertiary/aromatic N) is 2. The van der Waals surface area contributed by atoms with Gasteiger partial charge in [0.05, 0.1) is 5.41 Å². The molecule has 0 bridgehead atoms. The Hall–Kier alpha value is -3.50.